The fourth-order valence-corrected chi connectivity index (χ4v) is 5.73. The van der Waals surface area contributed by atoms with Gasteiger partial charge in [0, 0.05) is 16.9 Å². The summed E-state index contributed by atoms with van der Waals surface area (Å²) in [5.74, 6) is 0.475. The summed E-state index contributed by atoms with van der Waals surface area (Å²) in [6, 6.07) is 1.92. The Bertz CT molecular complexity index is 755. The summed E-state index contributed by atoms with van der Waals surface area (Å²) in [4.78, 5) is 11.9. The van der Waals surface area contributed by atoms with Crippen LogP contribution in [0, 0.1) is 11.3 Å². The van der Waals surface area contributed by atoms with Crippen LogP contribution in [0.5, 0.6) is 11.5 Å². The van der Waals surface area contributed by atoms with Gasteiger partial charge < -0.3 is 14.9 Å². The molecule has 4 nitrogen and oxygen atoms in total. The molecule has 26 heavy (non-hydrogen) atoms. The highest BCUT2D eigenvalue weighted by Crippen LogP contribution is 2.75. The third-order valence-electron chi connectivity index (χ3n) is 7.30. The molecule has 2 aliphatic carbocycles. The third kappa shape index (κ3) is 2.37. The summed E-state index contributed by atoms with van der Waals surface area (Å²) in [7, 11) is 0. The number of phenols is 1. The van der Waals surface area contributed by atoms with Crippen molar-refractivity contribution in [2.45, 2.75) is 83.7 Å². The van der Waals surface area contributed by atoms with Gasteiger partial charge in [0.05, 0.1) is 0 Å². The van der Waals surface area contributed by atoms with E-state index < -0.39 is 5.97 Å². The van der Waals surface area contributed by atoms with Crippen molar-refractivity contribution in [3.05, 3.63) is 22.8 Å². The molecule has 0 saturated heterocycles. The first kappa shape index (κ1) is 17.7. The number of benzene rings is 1. The molecule has 4 heteroatoms. The first-order valence-corrected chi connectivity index (χ1v) is 10.1. The largest absolute Gasteiger partial charge is 0.507 e. The molecule has 4 atom stereocenters. The number of unbranched alkanes of at least 4 members (excludes halogenated alkanes) is 2. The summed E-state index contributed by atoms with van der Waals surface area (Å²) < 4.78 is 6.40. The van der Waals surface area contributed by atoms with Crippen molar-refractivity contribution in [3.8, 4) is 11.5 Å². The average Bonchev–Trinajstić information content (AvgIpc) is 3.17. The molecule has 0 amide bonds. The van der Waals surface area contributed by atoms with Crippen molar-refractivity contribution < 1.29 is 19.7 Å². The number of fused-ring (bicyclic) bond motifs is 2. The van der Waals surface area contributed by atoms with E-state index in [2.05, 4.69) is 20.8 Å². The Hall–Kier alpha value is -1.71. The normalized spacial score (nSPS) is 34.3. The van der Waals surface area contributed by atoms with Gasteiger partial charge in [-0.25, -0.2) is 4.79 Å². The predicted octanol–water partition coefficient (Wildman–Crippen LogP) is 5.27. The van der Waals surface area contributed by atoms with E-state index in [0.29, 0.717) is 17.9 Å². The van der Waals surface area contributed by atoms with Gasteiger partial charge in [0.15, 0.2) is 0 Å². The number of aromatic carboxylic acids is 1. The molecule has 0 radical (unpaired) electrons. The van der Waals surface area contributed by atoms with Crippen molar-refractivity contribution in [2.75, 3.05) is 0 Å². The minimum absolute atomic E-state index is 0.0334. The van der Waals surface area contributed by atoms with Crippen molar-refractivity contribution in [3.63, 3.8) is 0 Å². The quantitative estimate of drug-likeness (QED) is 0.704. The molecule has 1 aliphatic heterocycles. The van der Waals surface area contributed by atoms with E-state index in [1.54, 1.807) is 0 Å². The van der Waals surface area contributed by atoms with Crippen LogP contribution in [0.15, 0.2) is 6.07 Å². The van der Waals surface area contributed by atoms with Gasteiger partial charge in [-0.15, -0.1) is 0 Å². The number of carbonyl (C=O) groups is 1. The highest BCUT2D eigenvalue weighted by Gasteiger charge is 2.73. The summed E-state index contributed by atoms with van der Waals surface area (Å²) in [6.45, 7) is 6.58. The van der Waals surface area contributed by atoms with Gasteiger partial charge in [-0.1, -0.05) is 26.7 Å². The Morgan fingerprint density at radius 1 is 1.38 bits per heavy atom. The Morgan fingerprint density at radius 3 is 2.85 bits per heavy atom. The van der Waals surface area contributed by atoms with Crippen LogP contribution in [0.3, 0.4) is 0 Å². The molecule has 0 aromatic heterocycles. The van der Waals surface area contributed by atoms with Crippen LogP contribution in [0.4, 0.5) is 0 Å². The molecule has 4 rings (SSSR count). The first-order valence-electron chi connectivity index (χ1n) is 10.1. The van der Waals surface area contributed by atoms with E-state index in [1.807, 2.05) is 6.07 Å². The van der Waals surface area contributed by atoms with Crippen LogP contribution in [0.2, 0.25) is 0 Å². The molecule has 1 spiro atoms. The molecule has 1 heterocycles. The Balaban J connectivity index is 1.82. The molecule has 1 aromatic rings. The maximum atomic E-state index is 11.9. The molecule has 0 bridgehead atoms. The number of hydrogen-bond donors (Lipinski definition) is 2. The minimum atomic E-state index is -1.03. The zero-order valence-electron chi connectivity index (χ0n) is 16.1. The highest BCUT2D eigenvalue weighted by atomic mass is 16.5. The Labute approximate surface area is 155 Å². The fraction of sp³-hybridized carbons (Fsp3) is 0.682. The molecule has 1 unspecified atom stereocenters. The van der Waals surface area contributed by atoms with E-state index >= 15 is 0 Å². The maximum absolute atomic E-state index is 11.9. The number of carboxylic acid groups (broad SMARTS) is 1. The molecule has 2 saturated carbocycles. The molecule has 1 aromatic carbocycles. The maximum Gasteiger partial charge on any atom is 0.339 e. The van der Waals surface area contributed by atoms with Crippen LogP contribution in [0.1, 0.15) is 93.1 Å². The van der Waals surface area contributed by atoms with Crippen LogP contribution >= 0.6 is 0 Å². The zero-order valence-corrected chi connectivity index (χ0v) is 16.1. The van der Waals surface area contributed by atoms with Gasteiger partial charge in [-0.2, -0.15) is 0 Å². The molecule has 2 N–H and O–H groups in total. The van der Waals surface area contributed by atoms with Crippen molar-refractivity contribution in [1.82, 2.24) is 0 Å². The lowest BCUT2D eigenvalue weighted by Gasteiger charge is -2.43. The average molecular weight is 358 g/mol. The second kappa shape index (κ2) is 5.90. The standard InChI is InChI=1S/C22H30O4/c1-4-5-6-7-14-11-16-18(19(23)17(14)20(24)25)15-10-13(2)8-9-22(15)12-21(22,3)26-16/h11,13,15,23H,4-10,12H2,1-3H3,(H,24,25)/t13?,15-,21-,22-/m0/s1. The zero-order chi connectivity index (χ0) is 18.7. The van der Waals surface area contributed by atoms with Crippen LogP contribution in [-0.4, -0.2) is 21.8 Å². The molecule has 3 aliphatic rings. The molecule has 2 fully saturated rings. The number of aryl methyl sites for hydroxylation is 1. The van der Waals surface area contributed by atoms with Crippen LogP contribution in [0.25, 0.3) is 0 Å². The number of aromatic hydroxyl groups is 1. The Morgan fingerprint density at radius 2 is 2.15 bits per heavy atom. The van der Waals surface area contributed by atoms with Crippen molar-refractivity contribution >= 4 is 5.97 Å². The van der Waals surface area contributed by atoms with Crippen molar-refractivity contribution in [2.24, 2.45) is 11.3 Å². The SMILES string of the molecule is CCCCCc1cc2c(c(O)c1C(=O)O)[C@@H]1CC(C)CC[C@]13C[C@]3(C)O2. The number of carboxylic acids is 1. The first-order chi connectivity index (χ1) is 12.3. The van der Waals surface area contributed by atoms with E-state index in [1.165, 1.54) is 6.42 Å². The number of rotatable bonds is 5. The van der Waals surface area contributed by atoms with Gasteiger partial charge in [0.1, 0.15) is 22.7 Å². The van der Waals surface area contributed by atoms with E-state index in [-0.39, 0.29) is 28.2 Å². The smallest absolute Gasteiger partial charge is 0.339 e. The Kier molecular flexibility index (Phi) is 4.01. The highest BCUT2D eigenvalue weighted by molar-refractivity contribution is 5.94. The van der Waals surface area contributed by atoms with Crippen LogP contribution in [-0.2, 0) is 6.42 Å². The second-order valence-electron chi connectivity index (χ2n) is 9.03. The fourth-order valence-electron chi connectivity index (χ4n) is 5.73. The lowest BCUT2D eigenvalue weighted by atomic mass is 9.66. The van der Waals surface area contributed by atoms with Gasteiger partial charge in [0.25, 0.3) is 0 Å². The van der Waals surface area contributed by atoms with Gasteiger partial charge in [-0.05, 0) is 63.0 Å². The van der Waals surface area contributed by atoms with E-state index in [0.717, 1.165) is 49.8 Å². The third-order valence-corrected chi connectivity index (χ3v) is 7.30. The summed E-state index contributed by atoms with van der Waals surface area (Å²) in [5.41, 5.74) is 1.51. The number of hydrogen-bond acceptors (Lipinski definition) is 3. The summed E-state index contributed by atoms with van der Waals surface area (Å²) >= 11 is 0. The van der Waals surface area contributed by atoms with Crippen molar-refractivity contribution in [1.29, 1.82) is 0 Å². The predicted molar refractivity (Wildman–Crippen MR) is 100 cm³/mol. The summed E-state index contributed by atoms with van der Waals surface area (Å²) in [5, 5.41) is 20.8. The van der Waals surface area contributed by atoms with Crippen LogP contribution < -0.4 is 4.74 Å². The minimum Gasteiger partial charge on any atom is -0.507 e. The molecule has 142 valence electrons. The van der Waals surface area contributed by atoms with Gasteiger partial charge in [0.2, 0.25) is 0 Å². The topological polar surface area (TPSA) is 66.8 Å². The lowest BCUT2D eigenvalue weighted by molar-refractivity contribution is 0.0654. The second-order valence-corrected chi connectivity index (χ2v) is 9.03. The molecular formula is C22H30O4. The summed E-state index contributed by atoms with van der Waals surface area (Å²) in [6.07, 6.45) is 8.04. The van der Waals surface area contributed by atoms with Gasteiger partial charge in [-0.3, -0.25) is 0 Å². The van der Waals surface area contributed by atoms with E-state index in [4.69, 9.17) is 4.74 Å². The number of ether oxygens (including phenoxy) is 1. The van der Waals surface area contributed by atoms with E-state index in [9.17, 15) is 15.0 Å². The lowest BCUT2D eigenvalue weighted by Crippen LogP contribution is -2.37. The monoisotopic (exact) mass is 358 g/mol. The van der Waals surface area contributed by atoms with Gasteiger partial charge >= 0.3 is 5.97 Å². The molecular weight excluding hydrogens is 328 g/mol.